The standard InChI is InChI=1S/C16H15BrN2O/c1-11-9-13(10-18-14(11)17)19-15(20)16(7-8-16)12-5-3-2-4-6-12/h2-6,9-10H,7-8H2,1H3,(H,19,20). The molecular formula is C16H15BrN2O. The Hall–Kier alpha value is -1.68. The number of rotatable bonds is 3. The van der Waals surface area contributed by atoms with Gasteiger partial charge in [0.15, 0.2) is 0 Å². The van der Waals surface area contributed by atoms with E-state index in [4.69, 9.17) is 0 Å². The molecule has 0 saturated heterocycles. The number of carbonyl (C=O) groups excluding carboxylic acids is 1. The summed E-state index contributed by atoms with van der Waals surface area (Å²) in [4.78, 5) is 16.8. The Bertz CT molecular complexity index is 651. The van der Waals surface area contributed by atoms with E-state index >= 15 is 0 Å². The van der Waals surface area contributed by atoms with Gasteiger partial charge in [-0.2, -0.15) is 0 Å². The normalized spacial score (nSPS) is 15.7. The van der Waals surface area contributed by atoms with Crippen molar-refractivity contribution < 1.29 is 4.79 Å². The van der Waals surface area contributed by atoms with E-state index in [9.17, 15) is 4.79 Å². The zero-order valence-electron chi connectivity index (χ0n) is 11.2. The SMILES string of the molecule is Cc1cc(NC(=O)C2(c3ccccc3)CC2)cnc1Br. The van der Waals surface area contributed by atoms with Crippen molar-refractivity contribution in [1.29, 1.82) is 0 Å². The van der Waals surface area contributed by atoms with Gasteiger partial charge >= 0.3 is 0 Å². The predicted molar refractivity (Wildman–Crippen MR) is 82.7 cm³/mol. The second-order valence-electron chi connectivity index (χ2n) is 5.23. The van der Waals surface area contributed by atoms with Crippen LogP contribution < -0.4 is 5.32 Å². The predicted octanol–water partition coefficient (Wildman–Crippen LogP) is 3.82. The van der Waals surface area contributed by atoms with E-state index in [0.29, 0.717) is 0 Å². The van der Waals surface area contributed by atoms with E-state index in [0.717, 1.165) is 34.3 Å². The molecule has 0 unspecified atom stereocenters. The number of nitrogens with one attached hydrogen (secondary N) is 1. The summed E-state index contributed by atoms with van der Waals surface area (Å²) in [5.41, 5.74) is 2.51. The van der Waals surface area contributed by atoms with Gasteiger partial charge in [-0.3, -0.25) is 4.79 Å². The van der Waals surface area contributed by atoms with Gasteiger partial charge in [0.25, 0.3) is 0 Å². The zero-order chi connectivity index (χ0) is 14.2. The molecule has 3 rings (SSSR count). The van der Waals surface area contributed by atoms with E-state index in [1.165, 1.54) is 0 Å². The third kappa shape index (κ3) is 2.36. The summed E-state index contributed by atoms with van der Waals surface area (Å²) in [7, 11) is 0. The Morgan fingerprint density at radius 1 is 1.30 bits per heavy atom. The maximum Gasteiger partial charge on any atom is 0.235 e. The first-order valence-electron chi connectivity index (χ1n) is 6.61. The number of hydrogen-bond acceptors (Lipinski definition) is 2. The Labute approximate surface area is 126 Å². The van der Waals surface area contributed by atoms with Crippen LogP contribution in [0.5, 0.6) is 0 Å². The number of pyridine rings is 1. The highest BCUT2D eigenvalue weighted by atomic mass is 79.9. The van der Waals surface area contributed by atoms with Crippen molar-refractivity contribution in [2.24, 2.45) is 0 Å². The summed E-state index contributed by atoms with van der Waals surface area (Å²) in [6.45, 7) is 1.96. The van der Waals surface area contributed by atoms with Gasteiger partial charge < -0.3 is 5.32 Å². The molecule has 1 aliphatic rings. The van der Waals surface area contributed by atoms with Crippen molar-refractivity contribution in [3.8, 4) is 0 Å². The number of hydrogen-bond donors (Lipinski definition) is 1. The monoisotopic (exact) mass is 330 g/mol. The van der Waals surface area contributed by atoms with Crippen LogP contribution in [0.1, 0.15) is 24.0 Å². The van der Waals surface area contributed by atoms with Gasteiger partial charge in [-0.25, -0.2) is 4.98 Å². The molecule has 4 heteroatoms. The van der Waals surface area contributed by atoms with Crippen molar-refractivity contribution in [2.75, 3.05) is 5.32 Å². The number of anilines is 1. The fourth-order valence-corrected chi connectivity index (χ4v) is 2.62. The zero-order valence-corrected chi connectivity index (χ0v) is 12.8. The molecule has 1 fully saturated rings. The molecule has 3 nitrogen and oxygen atoms in total. The average molecular weight is 331 g/mol. The lowest BCUT2D eigenvalue weighted by Crippen LogP contribution is -2.27. The summed E-state index contributed by atoms with van der Waals surface area (Å²) in [6.07, 6.45) is 3.49. The third-order valence-electron chi connectivity index (χ3n) is 3.78. The Morgan fingerprint density at radius 2 is 2.00 bits per heavy atom. The van der Waals surface area contributed by atoms with Crippen molar-refractivity contribution in [1.82, 2.24) is 4.98 Å². The van der Waals surface area contributed by atoms with Gasteiger partial charge in [0.2, 0.25) is 5.91 Å². The van der Waals surface area contributed by atoms with Crippen LogP contribution in [0.2, 0.25) is 0 Å². The van der Waals surface area contributed by atoms with Crippen LogP contribution in [0.3, 0.4) is 0 Å². The van der Waals surface area contributed by atoms with E-state index < -0.39 is 0 Å². The fourth-order valence-electron chi connectivity index (χ4n) is 2.41. The van der Waals surface area contributed by atoms with E-state index in [2.05, 4.69) is 26.2 Å². The van der Waals surface area contributed by atoms with Crippen LogP contribution in [0.4, 0.5) is 5.69 Å². The van der Waals surface area contributed by atoms with E-state index in [1.807, 2.05) is 43.3 Å². The number of carbonyl (C=O) groups is 1. The van der Waals surface area contributed by atoms with Crippen LogP contribution in [0, 0.1) is 6.92 Å². The highest BCUT2D eigenvalue weighted by molar-refractivity contribution is 9.10. The van der Waals surface area contributed by atoms with E-state index in [1.54, 1.807) is 6.20 Å². The molecule has 0 bridgehead atoms. The van der Waals surface area contributed by atoms with Crippen LogP contribution in [0.15, 0.2) is 47.2 Å². The molecule has 1 aromatic carbocycles. The molecule has 1 aromatic heterocycles. The van der Waals surface area contributed by atoms with Crippen LogP contribution in [-0.2, 0) is 10.2 Å². The maximum absolute atomic E-state index is 12.5. The van der Waals surface area contributed by atoms with Gasteiger partial charge in [-0.1, -0.05) is 30.3 Å². The molecule has 1 heterocycles. The summed E-state index contributed by atoms with van der Waals surface area (Å²) in [5.74, 6) is 0.0622. The molecule has 1 N–H and O–H groups in total. The Morgan fingerprint density at radius 3 is 2.60 bits per heavy atom. The number of amides is 1. The third-order valence-corrected chi connectivity index (χ3v) is 4.61. The van der Waals surface area contributed by atoms with E-state index in [-0.39, 0.29) is 11.3 Å². The number of aryl methyl sites for hydroxylation is 1. The smallest absolute Gasteiger partial charge is 0.235 e. The number of halogens is 1. The van der Waals surface area contributed by atoms with Gasteiger partial charge in [0.05, 0.1) is 17.3 Å². The summed E-state index contributed by atoms with van der Waals surface area (Å²) >= 11 is 3.36. The van der Waals surface area contributed by atoms with Gasteiger partial charge in [-0.15, -0.1) is 0 Å². The minimum absolute atomic E-state index is 0.0622. The molecule has 1 saturated carbocycles. The number of benzene rings is 1. The molecule has 2 aromatic rings. The summed E-state index contributed by atoms with van der Waals surface area (Å²) in [5, 5.41) is 2.99. The van der Waals surface area contributed by atoms with Crippen molar-refractivity contribution >= 4 is 27.5 Å². The van der Waals surface area contributed by atoms with Crippen LogP contribution >= 0.6 is 15.9 Å². The fraction of sp³-hybridized carbons (Fsp3) is 0.250. The lowest BCUT2D eigenvalue weighted by molar-refractivity contribution is -0.118. The Kier molecular flexibility index (Phi) is 3.34. The minimum atomic E-state index is -0.345. The second-order valence-corrected chi connectivity index (χ2v) is 5.99. The van der Waals surface area contributed by atoms with Crippen molar-refractivity contribution in [2.45, 2.75) is 25.2 Å². The number of nitrogens with zero attached hydrogens (tertiary/aromatic N) is 1. The van der Waals surface area contributed by atoms with Crippen molar-refractivity contribution in [3.63, 3.8) is 0 Å². The van der Waals surface area contributed by atoms with Gasteiger partial charge in [-0.05, 0) is 52.9 Å². The topological polar surface area (TPSA) is 42.0 Å². The van der Waals surface area contributed by atoms with Crippen LogP contribution in [0.25, 0.3) is 0 Å². The molecule has 0 spiro atoms. The summed E-state index contributed by atoms with van der Waals surface area (Å²) < 4.78 is 0.805. The molecule has 102 valence electrons. The first-order valence-corrected chi connectivity index (χ1v) is 7.40. The molecule has 20 heavy (non-hydrogen) atoms. The molecule has 1 amide bonds. The first kappa shape index (κ1) is 13.3. The van der Waals surface area contributed by atoms with Gasteiger partial charge in [0, 0.05) is 0 Å². The Balaban J connectivity index is 1.81. The lowest BCUT2D eigenvalue weighted by Gasteiger charge is -2.16. The quantitative estimate of drug-likeness (QED) is 0.869. The molecular weight excluding hydrogens is 316 g/mol. The molecule has 1 aliphatic carbocycles. The largest absolute Gasteiger partial charge is 0.324 e. The first-order chi connectivity index (χ1) is 9.62. The molecule has 0 radical (unpaired) electrons. The number of aromatic nitrogens is 1. The van der Waals surface area contributed by atoms with Gasteiger partial charge in [0.1, 0.15) is 4.60 Å². The maximum atomic E-state index is 12.5. The average Bonchev–Trinajstić information content (AvgIpc) is 3.26. The second kappa shape index (κ2) is 5.02. The van der Waals surface area contributed by atoms with Crippen molar-refractivity contribution in [3.05, 3.63) is 58.3 Å². The summed E-state index contributed by atoms with van der Waals surface area (Å²) in [6, 6.07) is 11.9. The van der Waals surface area contributed by atoms with Crippen LogP contribution in [-0.4, -0.2) is 10.9 Å². The molecule has 0 aliphatic heterocycles. The highest BCUT2D eigenvalue weighted by Gasteiger charge is 2.51. The highest BCUT2D eigenvalue weighted by Crippen LogP contribution is 2.48. The molecule has 0 atom stereocenters. The minimum Gasteiger partial charge on any atom is -0.324 e. The lowest BCUT2D eigenvalue weighted by atomic mass is 9.95.